The van der Waals surface area contributed by atoms with Crippen molar-refractivity contribution < 1.29 is 19.0 Å². The van der Waals surface area contributed by atoms with Crippen molar-refractivity contribution in [1.29, 1.82) is 0 Å². The van der Waals surface area contributed by atoms with Gasteiger partial charge in [0.25, 0.3) is 5.56 Å². The molecule has 1 N–H and O–H groups in total. The van der Waals surface area contributed by atoms with E-state index in [4.69, 9.17) is 25.8 Å². The number of para-hydroxylation sites is 1. The van der Waals surface area contributed by atoms with Crippen molar-refractivity contribution in [2.75, 3.05) is 13.7 Å². The first-order valence-electron chi connectivity index (χ1n) is 9.35. The van der Waals surface area contributed by atoms with Gasteiger partial charge < -0.3 is 19.2 Å². The van der Waals surface area contributed by atoms with Gasteiger partial charge in [0.2, 0.25) is 0 Å². The normalized spacial score (nSPS) is 12.1. The Morgan fingerprint density at radius 1 is 1.29 bits per heavy atom. The van der Waals surface area contributed by atoms with Crippen molar-refractivity contribution >= 4 is 34.7 Å². The Labute approximate surface area is 181 Å². The fourth-order valence-electron chi connectivity index (χ4n) is 2.82. The van der Waals surface area contributed by atoms with E-state index in [-0.39, 0.29) is 18.1 Å². The van der Waals surface area contributed by atoms with Gasteiger partial charge in [0, 0.05) is 16.7 Å². The lowest BCUT2D eigenvalue weighted by Gasteiger charge is -2.18. The number of esters is 1. The van der Waals surface area contributed by atoms with Gasteiger partial charge in [0.15, 0.2) is 17.6 Å². The van der Waals surface area contributed by atoms with E-state index >= 15 is 0 Å². The maximum atomic E-state index is 12.7. The van der Waals surface area contributed by atoms with Crippen LogP contribution in [0.25, 0.3) is 10.9 Å². The van der Waals surface area contributed by atoms with Crippen molar-refractivity contribution in [2.45, 2.75) is 20.0 Å². The molecular weight excluding hydrogens is 426 g/mol. The van der Waals surface area contributed by atoms with Crippen LogP contribution in [0.3, 0.4) is 0 Å². The molecule has 0 aliphatic heterocycles. The number of carbonyl (C=O) groups excluding carboxylic acids is 1. The van der Waals surface area contributed by atoms with Crippen LogP contribution in [0, 0.1) is 0 Å². The van der Waals surface area contributed by atoms with Crippen LogP contribution in [0.1, 0.15) is 19.4 Å². The van der Waals surface area contributed by atoms with Crippen LogP contribution in [0.5, 0.6) is 11.5 Å². The third-order valence-electron chi connectivity index (χ3n) is 4.28. The minimum Gasteiger partial charge on any atom is -0.493 e. The lowest BCUT2D eigenvalue weighted by atomic mass is 10.2. The van der Waals surface area contributed by atoms with Crippen LogP contribution in [0.2, 0.25) is 5.02 Å². The van der Waals surface area contributed by atoms with Crippen LogP contribution in [-0.2, 0) is 9.53 Å². The third kappa shape index (κ3) is 4.77. The molecule has 1 atom stereocenters. The minimum absolute atomic E-state index is 0.154. The number of benzene rings is 2. The number of ether oxygens (including phenoxy) is 3. The topological polar surface area (TPSA) is 112 Å². The number of hydrogen-bond donors (Lipinski definition) is 1. The van der Waals surface area contributed by atoms with Gasteiger partial charge in [0.1, 0.15) is 0 Å². The summed E-state index contributed by atoms with van der Waals surface area (Å²) in [5.41, 5.74) is -0.608. The summed E-state index contributed by atoms with van der Waals surface area (Å²) in [6.07, 6.45) is 0.279. The summed E-state index contributed by atoms with van der Waals surface area (Å²) in [7, 11) is 1.41. The van der Waals surface area contributed by atoms with E-state index in [2.05, 4.69) is 10.1 Å². The lowest BCUT2D eigenvalue weighted by Crippen LogP contribution is -2.32. The second kappa shape index (κ2) is 9.48. The number of H-pyrrole nitrogens is 1. The summed E-state index contributed by atoms with van der Waals surface area (Å²) in [5.74, 6) is -0.170. The third-order valence-corrected chi connectivity index (χ3v) is 4.50. The Bertz CT molecular complexity index is 1260. The molecule has 0 unspecified atom stereocenters. The number of hydrogen-bond acceptors (Lipinski definition) is 7. The van der Waals surface area contributed by atoms with E-state index < -0.39 is 23.3 Å². The van der Waals surface area contributed by atoms with Gasteiger partial charge in [-0.05, 0) is 32.0 Å². The van der Waals surface area contributed by atoms with Gasteiger partial charge in [0.05, 0.1) is 30.8 Å². The monoisotopic (exact) mass is 445 g/mol. The Morgan fingerprint density at radius 2 is 2.03 bits per heavy atom. The number of aromatic amines is 1. The molecule has 31 heavy (non-hydrogen) atoms. The smallest absolute Gasteiger partial charge is 0.349 e. The van der Waals surface area contributed by atoms with E-state index in [0.717, 1.165) is 0 Å². The average molecular weight is 446 g/mol. The number of halogens is 1. The number of nitrogens with zero attached hydrogens (tertiary/aromatic N) is 2. The molecule has 9 nitrogen and oxygen atoms in total. The molecule has 0 spiro atoms. The Morgan fingerprint density at radius 3 is 2.74 bits per heavy atom. The maximum absolute atomic E-state index is 12.7. The summed E-state index contributed by atoms with van der Waals surface area (Å²) in [4.78, 5) is 39.6. The van der Waals surface area contributed by atoms with Gasteiger partial charge >= 0.3 is 11.7 Å². The van der Waals surface area contributed by atoms with Crippen LogP contribution >= 0.6 is 11.6 Å². The van der Waals surface area contributed by atoms with Gasteiger partial charge in [-0.3, -0.25) is 4.79 Å². The van der Waals surface area contributed by atoms with Crippen molar-refractivity contribution in [1.82, 2.24) is 9.66 Å². The fraction of sp³-hybridized carbons (Fsp3) is 0.238. The van der Waals surface area contributed by atoms with E-state index in [0.29, 0.717) is 26.2 Å². The molecule has 0 bridgehead atoms. The number of nitrogens with one attached hydrogen (secondary N) is 1. The summed E-state index contributed by atoms with van der Waals surface area (Å²) < 4.78 is 16.7. The fourth-order valence-corrected chi connectivity index (χ4v) is 3.04. The molecule has 10 heteroatoms. The minimum atomic E-state index is -0.950. The van der Waals surface area contributed by atoms with Crippen LogP contribution in [-0.4, -0.2) is 41.7 Å². The first kappa shape index (κ1) is 22.1. The quantitative estimate of drug-likeness (QED) is 0.442. The molecule has 162 valence electrons. The number of rotatable bonds is 7. The van der Waals surface area contributed by atoms with E-state index in [1.807, 2.05) is 0 Å². The van der Waals surface area contributed by atoms with Crippen molar-refractivity contribution in [2.24, 2.45) is 5.10 Å². The van der Waals surface area contributed by atoms with Crippen LogP contribution in [0.4, 0.5) is 0 Å². The predicted octanol–water partition coefficient (Wildman–Crippen LogP) is 2.56. The molecule has 0 radical (unpaired) electrons. The van der Waals surface area contributed by atoms with Crippen LogP contribution in [0.15, 0.2) is 51.1 Å². The summed E-state index contributed by atoms with van der Waals surface area (Å²) in [5, 5.41) is 4.62. The van der Waals surface area contributed by atoms with Crippen LogP contribution < -0.4 is 20.7 Å². The predicted molar refractivity (Wildman–Crippen MR) is 117 cm³/mol. The standard InChI is InChI=1S/C21H20ClN3O6/c1-4-30-20(27)12(2)31-18-13(9-14(22)10-17(18)29-3)11-23-25-19(26)15-7-5-6-8-16(15)24-21(25)28/h5-12H,4H2,1-3H3,(H,24,28)/t12-/m1/s1. The Balaban J connectivity index is 2.07. The van der Waals surface area contributed by atoms with E-state index in [1.54, 1.807) is 31.2 Å². The zero-order valence-corrected chi connectivity index (χ0v) is 17.8. The van der Waals surface area contributed by atoms with Gasteiger partial charge in [-0.2, -0.15) is 5.10 Å². The van der Waals surface area contributed by atoms with Crippen molar-refractivity contribution in [3.63, 3.8) is 0 Å². The van der Waals surface area contributed by atoms with E-state index in [9.17, 15) is 14.4 Å². The highest BCUT2D eigenvalue weighted by Gasteiger charge is 2.21. The molecule has 0 saturated heterocycles. The molecule has 0 amide bonds. The molecule has 1 heterocycles. The first-order valence-corrected chi connectivity index (χ1v) is 9.72. The number of fused-ring (bicyclic) bond motifs is 1. The highest BCUT2D eigenvalue weighted by atomic mass is 35.5. The number of methoxy groups -OCH3 is 1. The maximum Gasteiger partial charge on any atom is 0.349 e. The highest BCUT2D eigenvalue weighted by Crippen LogP contribution is 2.34. The molecule has 0 saturated carbocycles. The SMILES string of the molecule is CCOC(=O)[C@@H](C)Oc1c(C=Nn2c(=O)[nH]c3ccccc3c2=O)cc(Cl)cc1OC. The molecule has 3 aromatic rings. The zero-order valence-electron chi connectivity index (χ0n) is 17.0. The second-order valence-electron chi connectivity index (χ2n) is 6.38. The number of carbonyl (C=O) groups is 1. The lowest BCUT2D eigenvalue weighted by molar-refractivity contribution is -0.150. The molecule has 0 aliphatic rings. The molecule has 0 aliphatic carbocycles. The van der Waals surface area contributed by atoms with E-state index in [1.165, 1.54) is 32.4 Å². The summed E-state index contributed by atoms with van der Waals surface area (Å²) >= 11 is 6.15. The summed E-state index contributed by atoms with van der Waals surface area (Å²) in [6, 6.07) is 9.59. The molecule has 2 aromatic carbocycles. The van der Waals surface area contributed by atoms with Gasteiger partial charge in [-0.25, -0.2) is 9.59 Å². The van der Waals surface area contributed by atoms with Gasteiger partial charge in [-0.1, -0.05) is 23.7 Å². The zero-order chi connectivity index (χ0) is 22.5. The molecule has 0 fully saturated rings. The highest BCUT2D eigenvalue weighted by molar-refractivity contribution is 6.31. The summed E-state index contributed by atoms with van der Waals surface area (Å²) in [6.45, 7) is 3.40. The Hall–Kier alpha value is -3.59. The largest absolute Gasteiger partial charge is 0.493 e. The van der Waals surface area contributed by atoms with Crippen molar-refractivity contribution in [3.8, 4) is 11.5 Å². The first-order chi connectivity index (χ1) is 14.8. The Kier molecular flexibility index (Phi) is 6.76. The molecular formula is C21H20ClN3O6. The molecule has 3 rings (SSSR count). The molecule has 1 aromatic heterocycles. The van der Waals surface area contributed by atoms with Crippen molar-refractivity contribution in [3.05, 3.63) is 67.8 Å². The second-order valence-corrected chi connectivity index (χ2v) is 6.81. The number of aromatic nitrogens is 2. The average Bonchev–Trinajstić information content (AvgIpc) is 2.74. The van der Waals surface area contributed by atoms with Gasteiger partial charge in [-0.15, -0.1) is 4.68 Å².